The molecule has 20 heavy (non-hydrogen) atoms. The van der Waals surface area contributed by atoms with Crippen molar-refractivity contribution in [2.45, 2.75) is 97.8 Å². The van der Waals surface area contributed by atoms with Crippen LogP contribution in [-0.4, -0.2) is 12.5 Å². The van der Waals surface area contributed by atoms with Crippen LogP contribution in [0.3, 0.4) is 0 Å². The van der Waals surface area contributed by atoms with Crippen LogP contribution in [0.5, 0.6) is 0 Å². The maximum absolute atomic E-state index is 11.8. The van der Waals surface area contributed by atoms with Crippen molar-refractivity contribution in [3.05, 3.63) is 0 Å². The first kappa shape index (κ1) is 19.5. The summed E-state index contributed by atoms with van der Waals surface area (Å²) in [5.41, 5.74) is 0. The smallest absolute Gasteiger partial charge is 0.223 e. The van der Waals surface area contributed by atoms with Crippen molar-refractivity contribution in [1.29, 1.82) is 0 Å². The molecule has 0 spiro atoms. The molecule has 0 heterocycles. The van der Waals surface area contributed by atoms with Crippen LogP contribution in [0.4, 0.5) is 0 Å². The van der Waals surface area contributed by atoms with Crippen molar-refractivity contribution in [3.8, 4) is 0 Å². The second-order valence-electron chi connectivity index (χ2n) is 5.99. The molecular formula is C18H37NO. The molecule has 1 N–H and O–H groups in total. The van der Waals surface area contributed by atoms with Crippen LogP contribution in [0, 0.1) is 5.92 Å². The lowest BCUT2D eigenvalue weighted by atomic mass is 10.0. The fraction of sp³-hybridized carbons (Fsp3) is 0.944. The molecule has 120 valence electrons. The first-order valence-corrected chi connectivity index (χ1v) is 9.03. The van der Waals surface area contributed by atoms with Gasteiger partial charge in [0.1, 0.15) is 0 Å². The Kier molecular flexibility index (Phi) is 14.5. The zero-order valence-electron chi connectivity index (χ0n) is 14.2. The van der Waals surface area contributed by atoms with E-state index in [0.29, 0.717) is 0 Å². The second kappa shape index (κ2) is 14.9. The van der Waals surface area contributed by atoms with E-state index >= 15 is 0 Å². The minimum absolute atomic E-state index is 0.220. The number of amides is 1. The molecule has 0 aromatic rings. The summed E-state index contributed by atoms with van der Waals surface area (Å²) in [5.74, 6) is 0.476. The van der Waals surface area contributed by atoms with Crippen molar-refractivity contribution in [1.82, 2.24) is 5.32 Å². The van der Waals surface area contributed by atoms with E-state index in [9.17, 15) is 4.79 Å². The average Bonchev–Trinajstić information content (AvgIpc) is 2.46. The Morgan fingerprint density at radius 2 is 1.20 bits per heavy atom. The van der Waals surface area contributed by atoms with Gasteiger partial charge in [0.15, 0.2) is 0 Å². The van der Waals surface area contributed by atoms with Gasteiger partial charge in [-0.1, -0.05) is 78.6 Å². The van der Waals surface area contributed by atoms with Gasteiger partial charge in [-0.2, -0.15) is 0 Å². The summed E-state index contributed by atoms with van der Waals surface area (Å²) in [6.07, 6.45) is 15.4. The first-order chi connectivity index (χ1) is 9.76. The number of carbonyl (C=O) groups excluding carboxylic acids is 1. The van der Waals surface area contributed by atoms with Crippen molar-refractivity contribution in [2.75, 3.05) is 6.54 Å². The van der Waals surface area contributed by atoms with E-state index in [-0.39, 0.29) is 11.8 Å². The maximum atomic E-state index is 11.8. The molecule has 0 unspecified atom stereocenters. The number of hydrogen-bond acceptors (Lipinski definition) is 1. The highest BCUT2D eigenvalue weighted by Crippen LogP contribution is 2.10. The van der Waals surface area contributed by atoms with E-state index in [4.69, 9.17) is 0 Å². The number of rotatable bonds is 14. The normalized spacial score (nSPS) is 11.0. The Hall–Kier alpha value is -0.530. The Morgan fingerprint density at radius 3 is 1.65 bits per heavy atom. The second-order valence-corrected chi connectivity index (χ2v) is 5.99. The highest BCUT2D eigenvalue weighted by atomic mass is 16.1. The molecule has 0 fully saturated rings. The quantitative estimate of drug-likeness (QED) is 0.421. The largest absolute Gasteiger partial charge is 0.356 e. The third kappa shape index (κ3) is 11.3. The summed E-state index contributed by atoms with van der Waals surface area (Å²) in [4.78, 5) is 11.8. The Balaban J connectivity index is 3.22. The van der Waals surface area contributed by atoms with Gasteiger partial charge in [-0.15, -0.1) is 0 Å². The summed E-state index contributed by atoms with van der Waals surface area (Å²) in [7, 11) is 0. The maximum Gasteiger partial charge on any atom is 0.223 e. The van der Waals surface area contributed by atoms with Gasteiger partial charge < -0.3 is 5.32 Å². The third-order valence-corrected chi connectivity index (χ3v) is 4.19. The van der Waals surface area contributed by atoms with E-state index in [0.717, 1.165) is 25.8 Å². The van der Waals surface area contributed by atoms with Crippen LogP contribution in [0.2, 0.25) is 0 Å². The van der Waals surface area contributed by atoms with Crippen LogP contribution in [0.25, 0.3) is 0 Å². The SMILES string of the molecule is CCCCCCCCCCCCNC(=O)C(CC)CC. The number of carbonyl (C=O) groups is 1. The minimum Gasteiger partial charge on any atom is -0.356 e. The fourth-order valence-electron chi connectivity index (χ4n) is 2.63. The van der Waals surface area contributed by atoms with Gasteiger partial charge in [-0.3, -0.25) is 4.79 Å². The molecule has 0 saturated carbocycles. The van der Waals surface area contributed by atoms with Crippen LogP contribution < -0.4 is 5.32 Å². The molecule has 0 aromatic carbocycles. The van der Waals surface area contributed by atoms with Gasteiger partial charge in [0.2, 0.25) is 5.91 Å². The van der Waals surface area contributed by atoms with E-state index in [1.807, 2.05) is 0 Å². The summed E-state index contributed by atoms with van der Waals surface area (Å²) >= 11 is 0. The Labute approximate surface area is 127 Å². The Bertz CT molecular complexity index is 211. The fourth-order valence-corrected chi connectivity index (χ4v) is 2.63. The molecule has 0 radical (unpaired) electrons. The Morgan fingerprint density at radius 1 is 0.750 bits per heavy atom. The van der Waals surface area contributed by atoms with Gasteiger partial charge in [0, 0.05) is 12.5 Å². The van der Waals surface area contributed by atoms with Gasteiger partial charge in [-0.25, -0.2) is 0 Å². The van der Waals surface area contributed by atoms with Crippen LogP contribution in [-0.2, 0) is 4.79 Å². The number of nitrogens with one attached hydrogen (secondary N) is 1. The van der Waals surface area contributed by atoms with E-state index in [2.05, 4.69) is 26.1 Å². The van der Waals surface area contributed by atoms with Gasteiger partial charge in [0.05, 0.1) is 0 Å². The van der Waals surface area contributed by atoms with Crippen molar-refractivity contribution >= 4 is 5.91 Å². The molecule has 0 atom stereocenters. The molecule has 1 amide bonds. The van der Waals surface area contributed by atoms with Gasteiger partial charge in [0.25, 0.3) is 0 Å². The van der Waals surface area contributed by atoms with E-state index < -0.39 is 0 Å². The summed E-state index contributed by atoms with van der Waals surface area (Å²) in [6.45, 7) is 7.32. The highest BCUT2D eigenvalue weighted by molar-refractivity contribution is 5.78. The zero-order valence-corrected chi connectivity index (χ0v) is 14.2. The first-order valence-electron chi connectivity index (χ1n) is 9.03. The predicted octanol–water partition coefficient (Wildman–Crippen LogP) is 5.46. The molecule has 0 bridgehead atoms. The summed E-state index contributed by atoms with van der Waals surface area (Å²) in [6, 6.07) is 0. The summed E-state index contributed by atoms with van der Waals surface area (Å²) < 4.78 is 0. The molecule has 0 saturated heterocycles. The third-order valence-electron chi connectivity index (χ3n) is 4.19. The van der Waals surface area contributed by atoms with Crippen molar-refractivity contribution < 1.29 is 4.79 Å². The van der Waals surface area contributed by atoms with Crippen LogP contribution in [0.1, 0.15) is 97.8 Å². The molecule has 2 nitrogen and oxygen atoms in total. The molecule has 0 aliphatic rings. The lowest BCUT2D eigenvalue weighted by Gasteiger charge is -2.12. The molecule has 0 aliphatic heterocycles. The predicted molar refractivity (Wildman–Crippen MR) is 88.9 cm³/mol. The molecule has 0 aliphatic carbocycles. The molecular weight excluding hydrogens is 246 g/mol. The van der Waals surface area contributed by atoms with Gasteiger partial charge in [-0.05, 0) is 19.3 Å². The lowest BCUT2D eigenvalue weighted by Crippen LogP contribution is -2.30. The van der Waals surface area contributed by atoms with Crippen LogP contribution >= 0.6 is 0 Å². The molecule has 2 heteroatoms. The zero-order chi connectivity index (χ0) is 15.1. The van der Waals surface area contributed by atoms with E-state index in [1.54, 1.807) is 0 Å². The minimum atomic E-state index is 0.220. The number of hydrogen-bond donors (Lipinski definition) is 1. The van der Waals surface area contributed by atoms with E-state index in [1.165, 1.54) is 57.8 Å². The van der Waals surface area contributed by atoms with Crippen molar-refractivity contribution in [3.63, 3.8) is 0 Å². The number of unbranched alkanes of at least 4 members (excludes halogenated alkanes) is 9. The molecule has 0 rings (SSSR count). The van der Waals surface area contributed by atoms with Crippen molar-refractivity contribution in [2.24, 2.45) is 5.92 Å². The topological polar surface area (TPSA) is 29.1 Å². The standard InChI is InChI=1S/C18H37NO/c1-4-7-8-9-10-11-12-13-14-15-16-19-18(20)17(5-2)6-3/h17H,4-16H2,1-3H3,(H,19,20). The monoisotopic (exact) mass is 283 g/mol. The van der Waals surface area contributed by atoms with Gasteiger partial charge >= 0.3 is 0 Å². The average molecular weight is 284 g/mol. The summed E-state index contributed by atoms with van der Waals surface area (Å²) in [5, 5.41) is 3.07. The molecule has 0 aromatic heterocycles. The van der Waals surface area contributed by atoms with Crippen LogP contribution in [0.15, 0.2) is 0 Å². The lowest BCUT2D eigenvalue weighted by molar-refractivity contribution is -0.125. The highest BCUT2D eigenvalue weighted by Gasteiger charge is 2.12.